The second kappa shape index (κ2) is 6.81. The first-order valence-corrected chi connectivity index (χ1v) is 10.3. The Kier molecular flexibility index (Phi) is 4.70. The molecular weight excluding hydrogens is 377 g/mol. The van der Waals surface area contributed by atoms with Crippen LogP contribution in [0.3, 0.4) is 0 Å². The van der Waals surface area contributed by atoms with Crippen molar-refractivity contribution in [1.82, 2.24) is 5.32 Å². The number of nitrogens with zero attached hydrogens (tertiary/aromatic N) is 2. The standard InChI is InChI=1S/C21H24FN3O2S/c1-20(2)13-8-9-21(20,3)17(10-13)24-25-19-23-18(27)16(28-19)11-15(26)12-4-6-14(22)7-5-12/h4-7,11,13,15,26H,8-10H2,1-3H3,(H,23,25,27). The highest BCUT2D eigenvalue weighted by atomic mass is 32.2. The molecule has 1 heterocycles. The minimum absolute atomic E-state index is 0.0620. The highest BCUT2D eigenvalue weighted by molar-refractivity contribution is 8.18. The first-order chi connectivity index (χ1) is 13.2. The van der Waals surface area contributed by atoms with Gasteiger partial charge in [0.05, 0.1) is 11.0 Å². The molecule has 3 aliphatic rings. The van der Waals surface area contributed by atoms with E-state index in [0.29, 0.717) is 21.6 Å². The molecule has 0 radical (unpaired) electrons. The summed E-state index contributed by atoms with van der Waals surface area (Å²) in [5.74, 6) is -0.0456. The molecule has 1 aromatic rings. The van der Waals surface area contributed by atoms with E-state index in [-0.39, 0.29) is 22.6 Å². The minimum atomic E-state index is -0.996. The van der Waals surface area contributed by atoms with Crippen molar-refractivity contribution >= 4 is 28.5 Å². The number of fused-ring (bicyclic) bond motifs is 2. The molecule has 1 saturated heterocycles. The predicted molar refractivity (Wildman–Crippen MR) is 109 cm³/mol. The number of amidine groups is 1. The van der Waals surface area contributed by atoms with Crippen LogP contribution >= 0.6 is 11.8 Å². The van der Waals surface area contributed by atoms with Gasteiger partial charge in [-0.05, 0) is 66.1 Å². The Morgan fingerprint density at radius 3 is 2.61 bits per heavy atom. The summed E-state index contributed by atoms with van der Waals surface area (Å²) in [7, 11) is 0. The number of aliphatic hydroxyl groups excluding tert-OH is 1. The van der Waals surface area contributed by atoms with Crippen LogP contribution in [0.4, 0.5) is 4.39 Å². The number of hydrogen-bond acceptors (Lipinski definition) is 5. The number of benzene rings is 1. The SMILES string of the molecule is CC12CCC(CC1=NN=C1NC(=O)C(=CC(O)c3ccc(F)cc3)S1)C2(C)C. The van der Waals surface area contributed by atoms with E-state index in [4.69, 9.17) is 0 Å². The van der Waals surface area contributed by atoms with Crippen LogP contribution < -0.4 is 5.32 Å². The molecular formula is C21H24FN3O2S. The summed E-state index contributed by atoms with van der Waals surface area (Å²) in [6.07, 6.45) is 3.78. The Bertz CT molecular complexity index is 907. The molecule has 7 heteroatoms. The second-order valence-electron chi connectivity index (χ2n) is 8.53. The quantitative estimate of drug-likeness (QED) is 0.590. The normalized spacial score (nSPS) is 33.8. The van der Waals surface area contributed by atoms with Crippen molar-refractivity contribution in [2.24, 2.45) is 27.0 Å². The number of amides is 1. The maximum absolute atomic E-state index is 13.0. The van der Waals surface area contributed by atoms with Gasteiger partial charge < -0.3 is 5.11 Å². The molecule has 4 rings (SSSR count). The van der Waals surface area contributed by atoms with Crippen molar-refractivity contribution in [3.63, 3.8) is 0 Å². The number of carbonyl (C=O) groups is 1. The lowest BCUT2D eigenvalue weighted by molar-refractivity contribution is -0.115. The topological polar surface area (TPSA) is 74.0 Å². The van der Waals surface area contributed by atoms with Gasteiger partial charge in [-0.2, -0.15) is 5.10 Å². The van der Waals surface area contributed by atoms with Crippen LogP contribution in [0.2, 0.25) is 0 Å². The maximum Gasteiger partial charge on any atom is 0.263 e. The van der Waals surface area contributed by atoms with Crippen LogP contribution in [0.5, 0.6) is 0 Å². The number of aliphatic hydroxyl groups is 1. The summed E-state index contributed by atoms with van der Waals surface area (Å²) < 4.78 is 13.0. The predicted octanol–water partition coefficient (Wildman–Crippen LogP) is 4.16. The van der Waals surface area contributed by atoms with Crippen LogP contribution in [0.15, 0.2) is 45.4 Å². The molecule has 1 aromatic carbocycles. The first-order valence-electron chi connectivity index (χ1n) is 9.50. The zero-order chi connectivity index (χ0) is 20.1. The fourth-order valence-electron chi connectivity index (χ4n) is 4.57. The molecule has 1 amide bonds. The van der Waals surface area contributed by atoms with Gasteiger partial charge in [-0.15, -0.1) is 5.10 Å². The van der Waals surface area contributed by atoms with E-state index >= 15 is 0 Å². The zero-order valence-electron chi connectivity index (χ0n) is 16.2. The molecule has 148 valence electrons. The Morgan fingerprint density at radius 1 is 1.29 bits per heavy atom. The Balaban J connectivity index is 1.50. The number of rotatable bonds is 3. The highest BCUT2D eigenvalue weighted by Crippen LogP contribution is 2.64. The van der Waals surface area contributed by atoms with Gasteiger partial charge in [0.15, 0.2) is 5.17 Å². The van der Waals surface area contributed by atoms with Crippen molar-refractivity contribution in [3.05, 3.63) is 46.6 Å². The van der Waals surface area contributed by atoms with Gasteiger partial charge in [-0.25, -0.2) is 4.39 Å². The van der Waals surface area contributed by atoms with Crippen LogP contribution in [0, 0.1) is 22.6 Å². The molecule has 2 saturated carbocycles. The van der Waals surface area contributed by atoms with Crippen LogP contribution in [-0.2, 0) is 4.79 Å². The monoisotopic (exact) mass is 401 g/mol. The van der Waals surface area contributed by atoms with Crippen LogP contribution in [0.1, 0.15) is 51.7 Å². The molecule has 1 aliphatic heterocycles. The zero-order valence-corrected chi connectivity index (χ0v) is 17.0. The van der Waals surface area contributed by atoms with E-state index in [0.717, 1.165) is 30.3 Å². The van der Waals surface area contributed by atoms with Gasteiger partial charge in [-0.3, -0.25) is 10.1 Å². The third-order valence-electron chi connectivity index (χ3n) is 6.95. The van der Waals surface area contributed by atoms with Gasteiger partial charge in [0, 0.05) is 11.1 Å². The molecule has 0 aromatic heterocycles. The van der Waals surface area contributed by atoms with E-state index in [9.17, 15) is 14.3 Å². The summed E-state index contributed by atoms with van der Waals surface area (Å²) in [4.78, 5) is 12.6. The third-order valence-corrected chi connectivity index (χ3v) is 7.86. The van der Waals surface area contributed by atoms with Crippen molar-refractivity contribution in [2.45, 2.75) is 46.1 Å². The first kappa shape index (κ1) is 19.3. The molecule has 3 unspecified atom stereocenters. The van der Waals surface area contributed by atoms with Gasteiger partial charge in [0.25, 0.3) is 5.91 Å². The number of nitrogens with one attached hydrogen (secondary N) is 1. The molecule has 3 fully saturated rings. The van der Waals surface area contributed by atoms with Crippen molar-refractivity contribution in [3.8, 4) is 0 Å². The fraction of sp³-hybridized carbons (Fsp3) is 0.476. The average Bonchev–Trinajstić information content (AvgIpc) is 3.17. The smallest absolute Gasteiger partial charge is 0.263 e. The van der Waals surface area contributed by atoms with Crippen LogP contribution in [-0.4, -0.2) is 21.9 Å². The fourth-order valence-corrected chi connectivity index (χ4v) is 5.35. The van der Waals surface area contributed by atoms with Gasteiger partial charge in [-0.1, -0.05) is 32.9 Å². The van der Waals surface area contributed by atoms with Crippen molar-refractivity contribution < 1.29 is 14.3 Å². The maximum atomic E-state index is 13.0. The lowest BCUT2D eigenvalue weighted by Crippen LogP contribution is -2.32. The molecule has 2 bridgehead atoms. The minimum Gasteiger partial charge on any atom is -0.384 e. The Labute approximate surface area is 168 Å². The molecule has 2 N–H and O–H groups in total. The molecule has 3 atom stereocenters. The Hall–Kier alpha value is -1.99. The van der Waals surface area contributed by atoms with E-state index < -0.39 is 6.10 Å². The largest absolute Gasteiger partial charge is 0.384 e. The summed E-state index contributed by atoms with van der Waals surface area (Å²) in [6, 6.07) is 5.54. The second-order valence-corrected chi connectivity index (χ2v) is 9.56. The number of halogens is 1. The summed E-state index contributed by atoms with van der Waals surface area (Å²) in [5, 5.41) is 22.2. The number of carbonyl (C=O) groups excluding carboxylic acids is 1. The average molecular weight is 402 g/mol. The molecule has 2 aliphatic carbocycles. The highest BCUT2D eigenvalue weighted by Gasteiger charge is 2.60. The van der Waals surface area contributed by atoms with E-state index in [2.05, 4.69) is 36.3 Å². The summed E-state index contributed by atoms with van der Waals surface area (Å²) in [6.45, 7) is 6.89. The number of thioether (sulfide) groups is 1. The van der Waals surface area contributed by atoms with E-state index in [1.54, 1.807) is 0 Å². The Morgan fingerprint density at radius 2 is 2.00 bits per heavy atom. The molecule has 0 spiro atoms. The third kappa shape index (κ3) is 3.10. The van der Waals surface area contributed by atoms with Gasteiger partial charge >= 0.3 is 0 Å². The van der Waals surface area contributed by atoms with Gasteiger partial charge in [0.1, 0.15) is 5.82 Å². The summed E-state index contributed by atoms with van der Waals surface area (Å²) >= 11 is 1.16. The molecule has 28 heavy (non-hydrogen) atoms. The van der Waals surface area contributed by atoms with E-state index in [1.165, 1.54) is 36.8 Å². The lowest BCUT2D eigenvalue weighted by atomic mass is 9.70. The lowest BCUT2D eigenvalue weighted by Gasteiger charge is -2.34. The van der Waals surface area contributed by atoms with Crippen molar-refractivity contribution in [2.75, 3.05) is 0 Å². The van der Waals surface area contributed by atoms with E-state index in [1.807, 2.05) is 0 Å². The van der Waals surface area contributed by atoms with Crippen LogP contribution in [0.25, 0.3) is 0 Å². The summed E-state index contributed by atoms with van der Waals surface area (Å²) in [5.41, 5.74) is 1.92. The van der Waals surface area contributed by atoms with Gasteiger partial charge in [0.2, 0.25) is 0 Å². The number of hydrogen-bond donors (Lipinski definition) is 2. The van der Waals surface area contributed by atoms with Crippen molar-refractivity contribution in [1.29, 1.82) is 0 Å². The molecule has 5 nitrogen and oxygen atoms in total.